The molecule has 0 aliphatic heterocycles. The Morgan fingerprint density at radius 3 is 2.50 bits per heavy atom. The molecule has 20 heavy (non-hydrogen) atoms. The van der Waals surface area contributed by atoms with Crippen molar-refractivity contribution in [1.29, 1.82) is 0 Å². The predicted molar refractivity (Wildman–Crippen MR) is 77.4 cm³/mol. The molecule has 2 N–H and O–H groups in total. The van der Waals surface area contributed by atoms with Crippen LogP contribution >= 0.6 is 0 Å². The number of rotatable bonds is 8. The van der Waals surface area contributed by atoms with Gasteiger partial charge in [0.2, 0.25) is 0 Å². The SMILES string of the molecule is CCc1ccc(C(CC)(NCCN=[N+]=[N-])C(=O)O)cc1. The molecule has 1 aromatic carbocycles. The average Bonchev–Trinajstić information content (AvgIpc) is 2.48. The van der Waals surface area contributed by atoms with Crippen molar-refractivity contribution >= 4 is 5.97 Å². The molecule has 1 unspecified atom stereocenters. The molecule has 0 aliphatic rings. The van der Waals surface area contributed by atoms with Gasteiger partial charge in [0.1, 0.15) is 5.54 Å². The number of aryl methyl sites for hydroxylation is 1. The third kappa shape index (κ3) is 3.50. The lowest BCUT2D eigenvalue weighted by molar-refractivity contribution is -0.145. The first-order valence-electron chi connectivity index (χ1n) is 6.69. The van der Waals surface area contributed by atoms with E-state index in [-0.39, 0.29) is 6.54 Å². The van der Waals surface area contributed by atoms with E-state index in [0.29, 0.717) is 18.5 Å². The largest absolute Gasteiger partial charge is 0.480 e. The van der Waals surface area contributed by atoms with E-state index in [1.807, 2.05) is 31.2 Å². The maximum atomic E-state index is 11.7. The molecule has 0 fully saturated rings. The Hall–Kier alpha value is -2.04. The van der Waals surface area contributed by atoms with Crippen LogP contribution in [0.1, 0.15) is 31.4 Å². The van der Waals surface area contributed by atoms with Crippen LogP contribution in [-0.2, 0) is 16.8 Å². The number of benzene rings is 1. The topological polar surface area (TPSA) is 98.1 Å². The number of aliphatic carboxylic acids is 1. The van der Waals surface area contributed by atoms with E-state index in [1.165, 1.54) is 5.56 Å². The smallest absolute Gasteiger partial charge is 0.328 e. The molecule has 0 amide bonds. The molecular formula is C14H20N4O2. The highest BCUT2D eigenvalue weighted by Gasteiger charge is 2.37. The van der Waals surface area contributed by atoms with Crippen LogP contribution in [0.4, 0.5) is 0 Å². The van der Waals surface area contributed by atoms with Crippen LogP contribution in [0.2, 0.25) is 0 Å². The normalized spacial score (nSPS) is 13.3. The second kappa shape index (κ2) is 7.53. The Morgan fingerprint density at radius 1 is 1.40 bits per heavy atom. The molecule has 0 saturated heterocycles. The zero-order chi connectivity index (χ0) is 15.0. The molecule has 108 valence electrons. The summed E-state index contributed by atoms with van der Waals surface area (Å²) in [7, 11) is 0. The Kier molecular flexibility index (Phi) is 6.03. The molecule has 6 nitrogen and oxygen atoms in total. The monoisotopic (exact) mass is 276 g/mol. The molecule has 0 saturated carbocycles. The Labute approximate surface area is 118 Å². The summed E-state index contributed by atoms with van der Waals surface area (Å²) in [6.07, 6.45) is 1.32. The van der Waals surface area contributed by atoms with E-state index in [9.17, 15) is 9.90 Å². The van der Waals surface area contributed by atoms with Crippen molar-refractivity contribution in [3.05, 3.63) is 45.8 Å². The molecular weight excluding hydrogens is 256 g/mol. The predicted octanol–water partition coefficient (Wildman–Crippen LogP) is 2.84. The van der Waals surface area contributed by atoms with Gasteiger partial charge in [-0.15, -0.1) is 0 Å². The van der Waals surface area contributed by atoms with Crippen LogP contribution < -0.4 is 5.32 Å². The van der Waals surface area contributed by atoms with Crippen LogP contribution in [0, 0.1) is 0 Å². The molecule has 1 atom stereocenters. The maximum Gasteiger partial charge on any atom is 0.328 e. The summed E-state index contributed by atoms with van der Waals surface area (Å²) < 4.78 is 0. The number of hydrogen-bond acceptors (Lipinski definition) is 3. The Bertz CT molecular complexity index is 494. The van der Waals surface area contributed by atoms with Crippen molar-refractivity contribution in [2.45, 2.75) is 32.2 Å². The fourth-order valence-corrected chi connectivity index (χ4v) is 2.17. The van der Waals surface area contributed by atoms with Crippen LogP contribution in [0.5, 0.6) is 0 Å². The van der Waals surface area contributed by atoms with Gasteiger partial charge in [-0.25, -0.2) is 4.79 Å². The minimum Gasteiger partial charge on any atom is -0.480 e. The minimum atomic E-state index is -1.14. The van der Waals surface area contributed by atoms with Gasteiger partial charge in [0.05, 0.1) is 0 Å². The summed E-state index contributed by atoms with van der Waals surface area (Å²) in [5, 5.41) is 16.0. The lowest BCUT2D eigenvalue weighted by atomic mass is 9.86. The number of hydrogen-bond donors (Lipinski definition) is 2. The van der Waals surface area contributed by atoms with Crippen molar-refractivity contribution < 1.29 is 9.90 Å². The summed E-state index contributed by atoms with van der Waals surface area (Å²) >= 11 is 0. The second-order valence-corrected chi connectivity index (χ2v) is 4.50. The van der Waals surface area contributed by atoms with Crippen molar-refractivity contribution in [3.63, 3.8) is 0 Å². The Balaban J connectivity index is 3.02. The molecule has 0 heterocycles. The fourth-order valence-electron chi connectivity index (χ4n) is 2.17. The minimum absolute atomic E-state index is 0.221. The summed E-state index contributed by atoms with van der Waals surface area (Å²) in [5.41, 5.74) is 8.99. The van der Waals surface area contributed by atoms with Gasteiger partial charge in [-0.2, -0.15) is 0 Å². The van der Waals surface area contributed by atoms with Crippen molar-refractivity contribution in [2.75, 3.05) is 13.1 Å². The summed E-state index contributed by atoms with van der Waals surface area (Å²) in [5.74, 6) is -0.926. The molecule has 0 spiro atoms. The van der Waals surface area contributed by atoms with E-state index >= 15 is 0 Å². The van der Waals surface area contributed by atoms with E-state index < -0.39 is 11.5 Å². The first-order chi connectivity index (χ1) is 9.60. The van der Waals surface area contributed by atoms with Gasteiger partial charge in [-0.1, -0.05) is 43.2 Å². The zero-order valence-corrected chi connectivity index (χ0v) is 11.8. The summed E-state index contributed by atoms with van der Waals surface area (Å²) in [4.78, 5) is 14.4. The van der Waals surface area contributed by atoms with Crippen LogP contribution in [0.3, 0.4) is 0 Å². The van der Waals surface area contributed by atoms with Gasteiger partial charge in [0.15, 0.2) is 0 Å². The first kappa shape index (κ1) is 16.0. The number of carboxylic acid groups (broad SMARTS) is 1. The van der Waals surface area contributed by atoms with Crippen molar-refractivity contribution in [2.24, 2.45) is 5.11 Å². The summed E-state index contributed by atoms with van der Waals surface area (Å²) in [6, 6.07) is 7.57. The number of carbonyl (C=O) groups is 1. The highest BCUT2D eigenvalue weighted by molar-refractivity contribution is 5.80. The second-order valence-electron chi connectivity index (χ2n) is 4.50. The molecule has 1 rings (SSSR count). The van der Waals surface area contributed by atoms with Gasteiger partial charge >= 0.3 is 5.97 Å². The lowest BCUT2D eigenvalue weighted by Gasteiger charge is -2.30. The number of carboxylic acids is 1. The Morgan fingerprint density at radius 2 is 2.05 bits per heavy atom. The zero-order valence-electron chi connectivity index (χ0n) is 11.8. The van der Waals surface area contributed by atoms with Gasteiger partial charge < -0.3 is 5.11 Å². The van der Waals surface area contributed by atoms with Gasteiger partial charge in [-0.3, -0.25) is 5.32 Å². The molecule has 0 radical (unpaired) electrons. The van der Waals surface area contributed by atoms with Crippen LogP contribution in [0.25, 0.3) is 10.4 Å². The first-order valence-corrected chi connectivity index (χ1v) is 6.69. The van der Waals surface area contributed by atoms with E-state index in [2.05, 4.69) is 22.3 Å². The van der Waals surface area contributed by atoms with E-state index in [1.54, 1.807) is 0 Å². The van der Waals surface area contributed by atoms with Crippen molar-refractivity contribution in [3.8, 4) is 0 Å². The van der Waals surface area contributed by atoms with Crippen molar-refractivity contribution in [1.82, 2.24) is 5.32 Å². The summed E-state index contributed by atoms with van der Waals surface area (Å²) in [6.45, 7) is 4.41. The highest BCUT2D eigenvalue weighted by Crippen LogP contribution is 2.26. The molecule has 1 aromatic rings. The number of azide groups is 1. The average molecular weight is 276 g/mol. The molecule has 0 aliphatic carbocycles. The number of nitrogens with zero attached hydrogens (tertiary/aromatic N) is 3. The van der Waals surface area contributed by atoms with Gasteiger partial charge in [0.25, 0.3) is 0 Å². The standard InChI is InChI=1S/C14H20N4O2/c1-3-11-5-7-12(8-6-11)14(4-2,13(19)20)16-9-10-17-18-15/h5-8,16H,3-4,9-10H2,1-2H3,(H,19,20). The lowest BCUT2D eigenvalue weighted by Crippen LogP contribution is -2.49. The molecule has 6 heteroatoms. The van der Waals surface area contributed by atoms with E-state index in [0.717, 1.165) is 6.42 Å². The quantitative estimate of drug-likeness (QED) is 0.330. The maximum absolute atomic E-state index is 11.7. The van der Waals surface area contributed by atoms with Gasteiger partial charge in [0, 0.05) is 18.0 Å². The molecule has 0 bridgehead atoms. The van der Waals surface area contributed by atoms with Crippen LogP contribution in [0.15, 0.2) is 29.4 Å². The third-order valence-corrected chi connectivity index (χ3v) is 3.45. The highest BCUT2D eigenvalue weighted by atomic mass is 16.4. The number of nitrogens with one attached hydrogen (secondary N) is 1. The molecule has 0 aromatic heterocycles. The van der Waals surface area contributed by atoms with Crippen LogP contribution in [-0.4, -0.2) is 24.2 Å². The fraction of sp³-hybridized carbons (Fsp3) is 0.500. The third-order valence-electron chi connectivity index (χ3n) is 3.45. The van der Waals surface area contributed by atoms with Gasteiger partial charge in [-0.05, 0) is 29.5 Å². The van der Waals surface area contributed by atoms with E-state index in [4.69, 9.17) is 5.53 Å².